The van der Waals surface area contributed by atoms with Gasteiger partial charge in [0.15, 0.2) is 5.82 Å². The second-order valence-electron chi connectivity index (χ2n) is 13.7. The highest BCUT2D eigenvalue weighted by Crippen LogP contribution is 2.48. The first-order valence-corrected chi connectivity index (χ1v) is 16.1. The molecule has 10 nitrogen and oxygen atoms in total. The molecule has 1 aromatic carbocycles. The summed E-state index contributed by atoms with van der Waals surface area (Å²) in [7, 11) is 0. The highest BCUT2D eigenvalue weighted by molar-refractivity contribution is 6.09. The Bertz CT molecular complexity index is 1820. The van der Waals surface area contributed by atoms with Crippen molar-refractivity contribution < 1.29 is 14.7 Å². The Morgan fingerprint density at radius 3 is 2.51 bits per heavy atom. The lowest BCUT2D eigenvalue weighted by molar-refractivity contribution is -0.123. The van der Waals surface area contributed by atoms with Crippen LogP contribution in [-0.4, -0.2) is 66.6 Å². The fourth-order valence-corrected chi connectivity index (χ4v) is 7.29. The van der Waals surface area contributed by atoms with Crippen LogP contribution < -0.4 is 10.2 Å². The molecule has 0 atom stereocenters. The van der Waals surface area contributed by atoms with Gasteiger partial charge in [0.05, 0.1) is 28.5 Å². The van der Waals surface area contributed by atoms with Gasteiger partial charge >= 0.3 is 5.97 Å². The first-order chi connectivity index (χ1) is 21.5. The number of hydrogen-bond donors (Lipinski definition) is 2. The molecule has 2 aliphatic heterocycles. The van der Waals surface area contributed by atoms with Crippen LogP contribution in [0.4, 0.5) is 17.3 Å². The standard InChI is InChI=1S/C35H41N7O3/c1-20(2)41-19-37-28-17-27(38-32(31(28)41)39-30-16-25(33(43)44)21(3)18-36-30)22-9-10-26-29(13-22)42(34(45)35(26,4)5)24-14-23(15-24)40-11-7-6-8-12-40/h9-10,13,16-20,23-24H,6-8,11-12,14-15H2,1-5H3,(H,43,44)(H,36,38,39). The van der Waals surface area contributed by atoms with Crippen LogP contribution in [0.25, 0.3) is 22.3 Å². The second-order valence-corrected chi connectivity index (χ2v) is 13.7. The molecular weight excluding hydrogens is 566 g/mol. The Hall–Kier alpha value is -4.31. The minimum absolute atomic E-state index is 0.127. The molecule has 0 bridgehead atoms. The number of likely N-dealkylation sites (tertiary alicyclic amines) is 1. The lowest BCUT2D eigenvalue weighted by Crippen LogP contribution is -2.57. The van der Waals surface area contributed by atoms with Crippen molar-refractivity contribution in [1.82, 2.24) is 24.4 Å². The van der Waals surface area contributed by atoms with E-state index in [2.05, 4.69) is 46.1 Å². The average Bonchev–Trinajstić information content (AvgIpc) is 3.51. The molecular formula is C35H41N7O3. The third kappa shape index (κ3) is 4.95. The van der Waals surface area contributed by atoms with Gasteiger partial charge in [-0.15, -0.1) is 0 Å². The Labute approximate surface area is 263 Å². The topological polar surface area (TPSA) is 116 Å². The second kappa shape index (κ2) is 10.9. The zero-order valence-corrected chi connectivity index (χ0v) is 26.7. The van der Waals surface area contributed by atoms with Crippen LogP contribution in [0, 0.1) is 6.92 Å². The van der Waals surface area contributed by atoms with Crippen molar-refractivity contribution in [1.29, 1.82) is 0 Å². The first-order valence-electron chi connectivity index (χ1n) is 16.1. The summed E-state index contributed by atoms with van der Waals surface area (Å²) in [5.74, 6) is 0.0865. The van der Waals surface area contributed by atoms with Crippen molar-refractivity contribution in [2.75, 3.05) is 23.3 Å². The van der Waals surface area contributed by atoms with Crippen LogP contribution in [-0.2, 0) is 10.2 Å². The minimum atomic E-state index is -1.01. The van der Waals surface area contributed by atoms with Crippen molar-refractivity contribution in [2.45, 2.75) is 90.3 Å². The minimum Gasteiger partial charge on any atom is -0.478 e. The van der Waals surface area contributed by atoms with Crippen LogP contribution >= 0.6 is 0 Å². The van der Waals surface area contributed by atoms with Gasteiger partial charge in [0.2, 0.25) is 5.91 Å². The lowest BCUT2D eigenvalue weighted by atomic mass is 9.82. The molecule has 1 saturated carbocycles. The van der Waals surface area contributed by atoms with E-state index in [1.807, 2.05) is 30.5 Å². The molecule has 5 heterocycles. The number of carboxylic acid groups (broad SMARTS) is 1. The molecule has 0 radical (unpaired) electrons. The predicted octanol–water partition coefficient (Wildman–Crippen LogP) is 6.47. The predicted molar refractivity (Wildman–Crippen MR) is 175 cm³/mol. The van der Waals surface area contributed by atoms with E-state index in [0.29, 0.717) is 28.9 Å². The van der Waals surface area contributed by atoms with E-state index < -0.39 is 11.4 Å². The number of aromatic carboxylic acids is 1. The van der Waals surface area contributed by atoms with E-state index in [1.54, 1.807) is 19.4 Å². The number of amides is 1. The number of piperidine rings is 1. The van der Waals surface area contributed by atoms with Gasteiger partial charge < -0.3 is 24.8 Å². The van der Waals surface area contributed by atoms with Crippen molar-refractivity contribution in [3.8, 4) is 11.3 Å². The van der Waals surface area contributed by atoms with Crippen LogP contribution in [0.5, 0.6) is 0 Å². The lowest BCUT2D eigenvalue weighted by Gasteiger charge is -2.48. The van der Waals surface area contributed by atoms with Crippen molar-refractivity contribution in [2.24, 2.45) is 0 Å². The van der Waals surface area contributed by atoms with Crippen LogP contribution in [0.15, 0.2) is 42.9 Å². The number of fused-ring (bicyclic) bond motifs is 2. The molecule has 1 saturated heterocycles. The number of pyridine rings is 2. The molecule has 1 amide bonds. The Kier molecular flexibility index (Phi) is 7.15. The molecule has 3 aliphatic rings. The zero-order valence-electron chi connectivity index (χ0n) is 26.7. The van der Waals surface area contributed by atoms with Gasteiger partial charge in [-0.3, -0.25) is 4.79 Å². The van der Waals surface area contributed by atoms with Gasteiger partial charge in [0, 0.05) is 35.6 Å². The molecule has 1 aliphatic carbocycles. The Morgan fingerprint density at radius 1 is 1.04 bits per heavy atom. The number of carbonyl (C=O) groups is 2. The fourth-order valence-electron chi connectivity index (χ4n) is 7.29. The maximum atomic E-state index is 13.9. The number of carbonyl (C=O) groups excluding carboxylic acids is 1. The number of nitrogens with zero attached hydrogens (tertiary/aromatic N) is 6. The van der Waals surface area contributed by atoms with Gasteiger partial charge in [0.1, 0.15) is 11.3 Å². The van der Waals surface area contributed by atoms with E-state index in [4.69, 9.17) is 9.97 Å². The highest BCUT2D eigenvalue weighted by atomic mass is 16.4. The third-order valence-electron chi connectivity index (χ3n) is 10.0. The molecule has 7 rings (SSSR count). The van der Waals surface area contributed by atoms with Crippen molar-refractivity contribution in [3.05, 3.63) is 59.5 Å². The number of rotatable bonds is 7. The number of imidazole rings is 1. The van der Waals surface area contributed by atoms with Gasteiger partial charge in [-0.25, -0.2) is 19.7 Å². The summed E-state index contributed by atoms with van der Waals surface area (Å²) in [6.45, 7) is 12.3. The number of hydrogen-bond acceptors (Lipinski definition) is 7. The number of nitrogens with one attached hydrogen (secondary N) is 1. The normalized spacial score (nSPS) is 21.3. The molecule has 10 heteroatoms. The molecule has 45 heavy (non-hydrogen) atoms. The van der Waals surface area contributed by atoms with Crippen LogP contribution in [0.3, 0.4) is 0 Å². The molecule has 3 aromatic heterocycles. The number of aryl methyl sites for hydroxylation is 1. The Balaban J connectivity index is 1.27. The number of carboxylic acids is 1. The van der Waals surface area contributed by atoms with Gasteiger partial charge in [-0.1, -0.05) is 18.6 Å². The number of anilines is 3. The molecule has 234 valence electrons. The summed E-state index contributed by atoms with van der Waals surface area (Å²) >= 11 is 0. The van der Waals surface area contributed by atoms with Gasteiger partial charge in [-0.2, -0.15) is 0 Å². The summed E-state index contributed by atoms with van der Waals surface area (Å²) in [6.07, 6.45) is 9.24. The van der Waals surface area contributed by atoms with Crippen molar-refractivity contribution in [3.63, 3.8) is 0 Å². The quantitative estimate of drug-likeness (QED) is 0.246. The molecule has 2 N–H and O–H groups in total. The van der Waals surface area contributed by atoms with Crippen LogP contribution in [0.2, 0.25) is 0 Å². The SMILES string of the molecule is Cc1cnc(Nc2nc(-c3ccc4c(c3)N(C3CC(N5CCCCC5)C3)C(=O)C4(C)C)cc3ncn(C(C)C)c23)cc1C(=O)O. The molecule has 2 fully saturated rings. The highest BCUT2D eigenvalue weighted by Gasteiger charge is 2.50. The van der Waals surface area contributed by atoms with E-state index >= 15 is 0 Å². The third-order valence-corrected chi connectivity index (χ3v) is 10.0. The number of benzene rings is 1. The summed E-state index contributed by atoms with van der Waals surface area (Å²) < 4.78 is 2.04. The first kappa shape index (κ1) is 29.4. The summed E-state index contributed by atoms with van der Waals surface area (Å²) in [6, 6.07) is 10.6. The Morgan fingerprint density at radius 2 is 1.80 bits per heavy atom. The fraction of sp³-hybridized carbons (Fsp3) is 0.457. The van der Waals surface area contributed by atoms with E-state index in [0.717, 1.165) is 40.7 Å². The zero-order chi connectivity index (χ0) is 31.6. The summed E-state index contributed by atoms with van der Waals surface area (Å²) in [5.41, 5.74) is 5.37. The van der Waals surface area contributed by atoms with E-state index in [9.17, 15) is 14.7 Å². The van der Waals surface area contributed by atoms with Gasteiger partial charge in [0.25, 0.3) is 0 Å². The summed E-state index contributed by atoms with van der Waals surface area (Å²) in [4.78, 5) is 44.6. The van der Waals surface area contributed by atoms with Crippen molar-refractivity contribution >= 4 is 40.2 Å². The van der Waals surface area contributed by atoms with E-state index in [1.165, 1.54) is 38.4 Å². The smallest absolute Gasteiger partial charge is 0.336 e. The average molecular weight is 608 g/mol. The molecule has 0 unspecified atom stereocenters. The number of aromatic nitrogens is 4. The molecule has 4 aromatic rings. The van der Waals surface area contributed by atoms with E-state index in [-0.39, 0.29) is 23.6 Å². The maximum absolute atomic E-state index is 13.9. The van der Waals surface area contributed by atoms with Gasteiger partial charge in [-0.05, 0) is 103 Å². The van der Waals surface area contributed by atoms with Crippen LogP contribution in [0.1, 0.15) is 87.3 Å². The summed E-state index contributed by atoms with van der Waals surface area (Å²) in [5, 5.41) is 13.0. The monoisotopic (exact) mass is 607 g/mol. The molecule has 0 spiro atoms. The largest absolute Gasteiger partial charge is 0.478 e. The maximum Gasteiger partial charge on any atom is 0.336 e.